The highest BCUT2D eigenvalue weighted by Gasteiger charge is 2.04. The summed E-state index contributed by atoms with van der Waals surface area (Å²) < 4.78 is 18.4. The van der Waals surface area contributed by atoms with Crippen molar-refractivity contribution in [1.82, 2.24) is 0 Å². The van der Waals surface area contributed by atoms with Crippen LogP contribution in [0.15, 0.2) is 42.5 Å². The first-order valence-electron chi connectivity index (χ1n) is 5.36. The molecule has 0 atom stereocenters. The lowest BCUT2D eigenvalue weighted by Gasteiger charge is -2.08. The summed E-state index contributed by atoms with van der Waals surface area (Å²) in [5, 5.41) is 8.94. The monoisotopic (exact) mass is 242 g/mol. The number of nitrogens with two attached hydrogens (primary N) is 1. The molecule has 2 rings (SSSR count). The fraction of sp³-hybridized carbons (Fsp3) is 0.0714. The van der Waals surface area contributed by atoms with Crippen LogP contribution in [0.4, 0.5) is 10.1 Å². The van der Waals surface area contributed by atoms with Gasteiger partial charge < -0.3 is 10.5 Å². The van der Waals surface area contributed by atoms with E-state index in [4.69, 9.17) is 15.7 Å². The molecule has 0 heterocycles. The fourth-order valence-electron chi connectivity index (χ4n) is 1.55. The number of ether oxygens (including phenoxy) is 1. The van der Waals surface area contributed by atoms with Gasteiger partial charge in [-0.3, -0.25) is 0 Å². The van der Waals surface area contributed by atoms with E-state index < -0.39 is 0 Å². The molecule has 2 aromatic rings. The summed E-state index contributed by atoms with van der Waals surface area (Å²) in [5.74, 6) is 0.130. The Balaban J connectivity index is 2.14. The molecule has 0 saturated carbocycles. The Kier molecular flexibility index (Phi) is 3.44. The molecule has 0 spiro atoms. The first kappa shape index (κ1) is 11.9. The summed E-state index contributed by atoms with van der Waals surface area (Å²) in [6.45, 7) is 0.205. The molecule has 3 nitrogen and oxygen atoms in total. The van der Waals surface area contributed by atoms with Gasteiger partial charge in [-0.15, -0.1) is 0 Å². The van der Waals surface area contributed by atoms with Crippen molar-refractivity contribution in [2.75, 3.05) is 5.73 Å². The van der Waals surface area contributed by atoms with Crippen LogP contribution < -0.4 is 10.5 Å². The molecule has 2 aromatic carbocycles. The zero-order chi connectivity index (χ0) is 13.0. The van der Waals surface area contributed by atoms with Crippen LogP contribution in [0.3, 0.4) is 0 Å². The smallest absolute Gasteiger partial charge is 0.137 e. The van der Waals surface area contributed by atoms with Crippen molar-refractivity contribution >= 4 is 5.69 Å². The second-order valence-corrected chi connectivity index (χ2v) is 3.79. The Hall–Kier alpha value is -2.54. The van der Waals surface area contributed by atoms with Gasteiger partial charge in [0.15, 0.2) is 0 Å². The van der Waals surface area contributed by atoms with Gasteiger partial charge in [0, 0.05) is 5.69 Å². The minimum Gasteiger partial charge on any atom is -0.488 e. The van der Waals surface area contributed by atoms with Gasteiger partial charge in [0.25, 0.3) is 0 Å². The van der Waals surface area contributed by atoms with Gasteiger partial charge in [0.2, 0.25) is 0 Å². The third-order valence-electron chi connectivity index (χ3n) is 2.41. The van der Waals surface area contributed by atoms with Gasteiger partial charge in [-0.1, -0.05) is 12.1 Å². The third kappa shape index (κ3) is 2.77. The molecule has 0 fully saturated rings. The molecule has 2 N–H and O–H groups in total. The molecule has 0 radical (unpaired) electrons. The minimum absolute atomic E-state index is 0.205. The molecular formula is C14H11FN2O. The van der Waals surface area contributed by atoms with Crippen LogP contribution in [0.2, 0.25) is 0 Å². The molecule has 0 aliphatic heterocycles. The standard InChI is InChI=1S/C14H11FN2O/c15-12-3-1-2-10(6-12)9-18-14-5-4-13(17)7-11(14)8-16/h1-7H,9,17H2. The van der Waals surface area contributed by atoms with Crippen LogP contribution in [0.5, 0.6) is 5.75 Å². The van der Waals surface area contributed by atoms with Gasteiger partial charge >= 0.3 is 0 Å². The number of hydrogen-bond acceptors (Lipinski definition) is 3. The lowest BCUT2D eigenvalue weighted by Crippen LogP contribution is -1.98. The molecule has 0 aliphatic rings. The van der Waals surface area contributed by atoms with E-state index in [1.807, 2.05) is 6.07 Å². The Morgan fingerprint density at radius 1 is 1.22 bits per heavy atom. The predicted octanol–water partition coefficient (Wildman–Crippen LogP) is 2.86. The number of hydrogen-bond donors (Lipinski definition) is 1. The Morgan fingerprint density at radius 3 is 2.78 bits per heavy atom. The van der Waals surface area contributed by atoms with Crippen LogP contribution in [-0.2, 0) is 6.61 Å². The maximum Gasteiger partial charge on any atom is 0.137 e. The third-order valence-corrected chi connectivity index (χ3v) is 2.41. The number of rotatable bonds is 3. The summed E-state index contributed by atoms with van der Waals surface area (Å²) in [6, 6.07) is 13.0. The highest BCUT2D eigenvalue weighted by atomic mass is 19.1. The first-order chi connectivity index (χ1) is 8.69. The lowest BCUT2D eigenvalue weighted by atomic mass is 10.2. The van der Waals surface area contributed by atoms with Crippen LogP contribution in [0.1, 0.15) is 11.1 Å². The first-order valence-corrected chi connectivity index (χ1v) is 5.36. The molecular weight excluding hydrogens is 231 g/mol. The molecule has 0 aromatic heterocycles. The fourth-order valence-corrected chi connectivity index (χ4v) is 1.55. The van der Waals surface area contributed by atoms with E-state index in [1.54, 1.807) is 30.3 Å². The van der Waals surface area contributed by atoms with Crippen LogP contribution in [0.25, 0.3) is 0 Å². The van der Waals surface area contributed by atoms with E-state index in [2.05, 4.69) is 0 Å². The molecule has 0 unspecified atom stereocenters. The van der Waals surface area contributed by atoms with Crippen molar-refractivity contribution in [2.45, 2.75) is 6.61 Å². The predicted molar refractivity (Wildman–Crippen MR) is 66.3 cm³/mol. The average molecular weight is 242 g/mol. The normalized spacial score (nSPS) is 9.78. The van der Waals surface area contributed by atoms with E-state index in [9.17, 15) is 4.39 Å². The number of anilines is 1. The Morgan fingerprint density at radius 2 is 2.06 bits per heavy atom. The second kappa shape index (κ2) is 5.19. The zero-order valence-corrected chi connectivity index (χ0v) is 9.56. The summed E-state index contributed by atoms with van der Waals surface area (Å²) >= 11 is 0. The summed E-state index contributed by atoms with van der Waals surface area (Å²) in [4.78, 5) is 0. The van der Waals surface area contributed by atoms with Crippen molar-refractivity contribution in [1.29, 1.82) is 5.26 Å². The molecule has 0 saturated heterocycles. The van der Waals surface area contributed by atoms with Gasteiger partial charge in [0.05, 0.1) is 5.56 Å². The van der Waals surface area contributed by atoms with E-state index in [0.717, 1.165) is 0 Å². The van der Waals surface area contributed by atoms with Crippen molar-refractivity contribution in [3.05, 3.63) is 59.4 Å². The van der Waals surface area contributed by atoms with Gasteiger partial charge in [-0.2, -0.15) is 5.26 Å². The van der Waals surface area contributed by atoms with Crippen LogP contribution in [0, 0.1) is 17.1 Å². The maximum atomic E-state index is 13.0. The quantitative estimate of drug-likeness (QED) is 0.842. The highest BCUT2D eigenvalue weighted by molar-refractivity contribution is 5.53. The molecule has 0 amide bonds. The van der Waals surface area contributed by atoms with Gasteiger partial charge in [0.1, 0.15) is 24.2 Å². The topological polar surface area (TPSA) is 59.0 Å². The van der Waals surface area contributed by atoms with Crippen molar-refractivity contribution in [3.63, 3.8) is 0 Å². The van der Waals surface area contributed by atoms with E-state index in [1.165, 1.54) is 12.1 Å². The lowest BCUT2D eigenvalue weighted by molar-refractivity contribution is 0.304. The second-order valence-electron chi connectivity index (χ2n) is 3.79. The Labute approximate surface area is 104 Å². The van der Waals surface area contributed by atoms with Crippen LogP contribution >= 0.6 is 0 Å². The summed E-state index contributed by atoms with van der Waals surface area (Å²) in [5.41, 5.74) is 7.15. The van der Waals surface area contributed by atoms with Crippen molar-refractivity contribution in [2.24, 2.45) is 0 Å². The maximum absolute atomic E-state index is 13.0. The van der Waals surface area contributed by atoms with E-state index >= 15 is 0 Å². The Bertz CT molecular complexity index is 605. The number of nitrogen functional groups attached to an aromatic ring is 1. The van der Waals surface area contributed by atoms with Gasteiger partial charge in [-0.25, -0.2) is 4.39 Å². The number of nitrogens with zero attached hydrogens (tertiary/aromatic N) is 1. The number of benzene rings is 2. The number of halogens is 1. The zero-order valence-electron chi connectivity index (χ0n) is 9.56. The highest BCUT2D eigenvalue weighted by Crippen LogP contribution is 2.21. The van der Waals surface area contributed by atoms with Crippen molar-refractivity contribution in [3.8, 4) is 11.8 Å². The van der Waals surface area contributed by atoms with Crippen molar-refractivity contribution < 1.29 is 9.13 Å². The molecule has 4 heteroatoms. The summed E-state index contributed by atoms with van der Waals surface area (Å²) in [6.07, 6.45) is 0. The van der Waals surface area contributed by atoms with E-state index in [0.29, 0.717) is 22.6 Å². The molecule has 90 valence electrons. The minimum atomic E-state index is -0.311. The SMILES string of the molecule is N#Cc1cc(N)ccc1OCc1cccc(F)c1. The van der Waals surface area contributed by atoms with E-state index in [-0.39, 0.29) is 12.4 Å². The molecule has 18 heavy (non-hydrogen) atoms. The largest absolute Gasteiger partial charge is 0.488 e. The molecule has 0 aliphatic carbocycles. The molecule has 0 bridgehead atoms. The summed E-state index contributed by atoms with van der Waals surface area (Å²) in [7, 11) is 0. The van der Waals surface area contributed by atoms with Crippen LogP contribution in [-0.4, -0.2) is 0 Å². The number of nitriles is 1. The van der Waals surface area contributed by atoms with Gasteiger partial charge in [-0.05, 0) is 35.9 Å². The average Bonchev–Trinajstić information content (AvgIpc) is 2.37.